The lowest BCUT2D eigenvalue weighted by Crippen LogP contribution is -2.32. The van der Waals surface area contributed by atoms with Crippen molar-refractivity contribution in [3.05, 3.63) is 57.8 Å². The Labute approximate surface area is 129 Å². The fraction of sp³-hybridized carbons (Fsp3) is 0.312. The van der Waals surface area contributed by atoms with Crippen LogP contribution >= 0.6 is 11.3 Å². The molecule has 1 heterocycles. The van der Waals surface area contributed by atoms with E-state index in [9.17, 15) is 0 Å². The Morgan fingerprint density at radius 1 is 1.29 bits per heavy atom. The third-order valence-corrected chi connectivity index (χ3v) is 4.71. The van der Waals surface area contributed by atoms with Crippen LogP contribution in [0, 0.1) is 0 Å². The number of oxime groups is 1. The first-order valence-electron chi connectivity index (χ1n) is 6.85. The lowest BCUT2D eigenvalue weighted by molar-refractivity contribution is 0.318. The molecule has 1 aromatic heterocycles. The maximum Gasteiger partial charge on any atom is 0.170 e. The van der Waals surface area contributed by atoms with Gasteiger partial charge in [0.25, 0.3) is 0 Å². The highest BCUT2D eigenvalue weighted by Crippen LogP contribution is 2.26. The molecule has 0 saturated heterocycles. The molecule has 4 N–H and O–H groups in total. The summed E-state index contributed by atoms with van der Waals surface area (Å²) in [5.41, 5.74) is 7.57. The second-order valence-electron chi connectivity index (χ2n) is 5.61. The van der Waals surface area contributed by atoms with Crippen LogP contribution in [0.5, 0.6) is 0 Å². The van der Waals surface area contributed by atoms with Crippen molar-refractivity contribution in [1.82, 2.24) is 5.32 Å². The molecule has 0 spiro atoms. The van der Waals surface area contributed by atoms with E-state index >= 15 is 0 Å². The van der Waals surface area contributed by atoms with Gasteiger partial charge >= 0.3 is 0 Å². The van der Waals surface area contributed by atoms with Crippen LogP contribution in [0.2, 0.25) is 0 Å². The van der Waals surface area contributed by atoms with Gasteiger partial charge in [-0.1, -0.05) is 49.3 Å². The molecule has 0 amide bonds. The lowest BCUT2D eigenvalue weighted by atomic mass is 9.91. The maximum absolute atomic E-state index is 8.84. The molecule has 0 aliphatic carbocycles. The first-order chi connectivity index (χ1) is 10.0. The van der Waals surface area contributed by atoms with Crippen LogP contribution in [0.1, 0.15) is 29.9 Å². The summed E-state index contributed by atoms with van der Waals surface area (Å²) in [5.74, 6) is 0.143. The lowest BCUT2D eigenvalue weighted by Gasteiger charge is -2.24. The monoisotopic (exact) mass is 303 g/mol. The van der Waals surface area contributed by atoms with Gasteiger partial charge in [-0.25, -0.2) is 0 Å². The zero-order chi connectivity index (χ0) is 15.3. The van der Waals surface area contributed by atoms with Crippen LogP contribution in [0.25, 0.3) is 0 Å². The first-order valence-corrected chi connectivity index (χ1v) is 7.73. The Morgan fingerprint density at radius 3 is 2.71 bits per heavy atom. The quantitative estimate of drug-likeness (QED) is 0.332. The standard InChI is InChI=1S/C16H21N3OS/c1-16(2,14-8-5-9-21-14)11-18-10-12-6-3-4-7-13(12)15(17)19-20/h3-9,18,20H,10-11H2,1-2H3,(H2,17,19). The van der Waals surface area contributed by atoms with E-state index in [4.69, 9.17) is 10.9 Å². The molecule has 112 valence electrons. The van der Waals surface area contributed by atoms with Crippen LogP contribution in [0.4, 0.5) is 0 Å². The molecule has 2 aromatic rings. The first kappa shape index (κ1) is 15.5. The summed E-state index contributed by atoms with van der Waals surface area (Å²) >= 11 is 1.78. The molecule has 0 aliphatic heterocycles. The van der Waals surface area contributed by atoms with Crippen molar-refractivity contribution >= 4 is 17.2 Å². The molecule has 0 aliphatic rings. The third-order valence-electron chi connectivity index (χ3n) is 3.47. The van der Waals surface area contributed by atoms with Crippen molar-refractivity contribution in [3.63, 3.8) is 0 Å². The van der Waals surface area contributed by atoms with E-state index < -0.39 is 0 Å². The molecule has 4 nitrogen and oxygen atoms in total. The van der Waals surface area contributed by atoms with Gasteiger partial charge in [0.05, 0.1) is 0 Å². The van der Waals surface area contributed by atoms with E-state index in [2.05, 4.69) is 41.8 Å². The van der Waals surface area contributed by atoms with Gasteiger partial charge in [0.2, 0.25) is 0 Å². The molecular weight excluding hydrogens is 282 g/mol. The smallest absolute Gasteiger partial charge is 0.170 e. The van der Waals surface area contributed by atoms with Crippen LogP contribution < -0.4 is 11.1 Å². The number of nitrogens with two attached hydrogens (primary N) is 1. The Bertz CT molecular complexity index is 606. The number of amidine groups is 1. The average molecular weight is 303 g/mol. The Hall–Kier alpha value is -1.85. The van der Waals surface area contributed by atoms with Crippen LogP contribution in [0.3, 0.4) is 0 Å². The van der Waals surface area contributed by atoms with Crippen LogP contribution in [-0.2, 0) is 12.0 Å². The van der Waals surface area contributed by atoms with Gasteiger partial charge in [-0.05, 0) is 17.0 Å². The van der Waals surface area contributed by atoms with E-state index in [1.165, 1.54) is 4.88 Å². The van der Waals surface area contributed by atoms with Gasteiger partial charge in [0, 0.05) is 28.9 Å². The second kappa shape index (κ2) is 6.74. The van der Waals surface area contributed by atoms with Crippen molar-refractivity contribution in [3.8, 4) is 0 Å². The Balaban J connectivity index is 2.01. The fourth-order valence-corrected chi connectivity index (χ4v) is 3.09. The summed E-state index contributed by atoms with van der Waals surface area (Å²) < 4.78 is 0. The minimum absolute atomic E-state index is 0.0831. The minimum Gasteiger partial charge on any atom is -0.409 e. The summed E-state index contributed by atoms with van der Waals surface area (Å²) in [7, 11) is 0. The molecule has 5 heteroatoms. The zero-order valence-electron chi connectivity index (χ0n) is 12.3. The molecule has 0 radical (unpaired) electrons. The molecule has 0 fully saturated rings. The largest absolute Gasteiger partial charge is 0.409 e. The normalized spacial score (nSPS) is 12.6. The van der Waals surface area contributed by atoms with Gasteiger partial charge in [-0.3, -0.25) is 0 Å². The second-order valence-corrected chi connectivity index (χ2v) is 6.55. The van der Waals surface area contributed by atoms with Crippen molar-refractivity contribution < 1.29 is 5.21 Å². The number of hydrogen-bond acceptors (Lipinski definition) is 4. The number of nitrogens with zero attached hydrogens (tertiary/aromatic N) is 1. The molecule has 0 unspecified atom stereocenters. The van der Waals surface area contributed by atoms with Crippen molar-refractivity contribution in [2.24, 2.45) is 10.9 Å². The number of nitrogens with one attached hydrogen (secondary N) is 1. The van der Waals surface area contributed by atoms with E-state index in [1.54, 1.807) is 11.3 Å². The summed E-state index contributed by atoms with van der Waals surface area (Å²) in [6.07, 6.45) is 0. The maximum atomic E-state index is 8.84. The highest BCUT2D eigenvalue weighted by molar-refractivity contribution is 7.10. The number of hydrogen-bond donors (Lipinski definition) is 3. The van der Waals surface area contributed by atoms with Gasteiger partial charge in [0.1, 0.15) is 0 Å². The predicted octanol–water partition coefficient (Wildman–Crippen LogP) is 2.91. The summed E-state index contributed by atoms with van der Waals surface area (Å²) in [6, 6.07) is 11.9. The van der Waals surface area contributed by atoms with E-state index in [0.29, 0.717) is 6.54 Å². The number of rotatable bonds is 6. The van der Waals surface area contributed by atoms with Gasteiger partial charge in [-0.2, -0.15) is 0 Å². The summed E-state index contributed by atoms with van der Waals surface area (Å²) in [4.78, 5) is 1.36. The van der Waals surface area contributed by atoms with Crippen LogP contribution in [-0.4, -0.2) is 17.6 Å². The SMILES string of the molecule is CC(C)(CNCc1ccccc1/C(N)=N/O)c1cccs1. The molecule has 0 atom stereocenters. The predicted molar refractivity (Wildman–Crippen MR) is 88.0 cm³/mol. The van der Waals surface area contributed by atoms with Crippen LogP contribution in [0.15, 0.2) is 46.9 Å². The molecule has 0 bridgehead atoms. The fourth-order valence-electron chi connectivity index (χ4n) is 2.24. The van der Waals surface area contributed by atoms with E-state index in [1.807, 2.05) is 24.3 Å². The molecule has 0 saturated carbocycles. The Kier molecular flexibility index (Phi) is 4.98. The highest BCUT2D eigenvalue weighted by atomic mass is 32.1. The Morgan fingerprint density at radius 2 is 2.05 bits per heavy atom. The van der Waals surface area contributed by atoms with Gasteiger partial charge in [-0.15, -0.1) is 11.3 Å². The number of thiophene rings is 1. The molecular formula is C16H21N3OS. The third kappa shape index (κ3) is 3.83. The average Bonchev–Trinajstić information content (AvgIpc) is 3.02. The number of benzene rings is 1. The van der Waals surface area contributed by atoms with Crippen molar-refractivity contribution in [2.45, 2.75) is 25.8 Å². The minimum atomic E-state index is 0.0831. The van der Waals surface area contributed by atoms with E-state index in [0.717, 1.165) is 17.7 Å². The van der Waals surface area contributed by atoms with Crippen molar-refractivity contribution in [2.75, 3.05) is 6.54 Å². The summed E-state index contributed by atoms with van der Waals surface area (Å²) in [6.45, 7) is 5.99. The molecule has 1 aromatic carbocycles. The van der Waals surface area contributed by atoms with Crippen molar-refractivity contribution in [1.29, 1.82) is 0 Å². The highest BCUT2D eigenvalue weighted by Gasteiger charge is 2.21. The molecule has 21 heavy (non-hydrogen) atoms. The van der Waals surface area contributed by atoms with E-state index in [-0.39, 0.29) is 11.3 Å². The van der Waals surface area contributed by atoms with Gasteiger partial charge in [0.15, 0.2) is 5.84 Å². The topological polar surface area (TPSA) is 70.6 Å². The molecule has 2 rings (SSSR count). The summed E-state index contributed by atoms with van der Waals surface area (Å²) in [5, 5.41) is 17.5. The van der Waals surface area contributed by atoms with Gasteiger partial charge < -0.3 is 16.3 Å². The zero-order valence-corrected chi connectivity index (χ0v) is 13.2.